The summed E-state index contributed by atoms with van der Waals surface area (Å²) in [5.74, 6) is 0. The Kier molecular flexibility index (Phi) is 5.14. The molecule has 0 aliphatic rings. The van der Waals surface area contributed by atoms with Crippen molar-refractivity contribution in [3.8, 4) is 0 Å². The van der Waals surface area contributed by atoms with Crippen molar-refractivity contribution in [1.82, 2.24) is 15.1 Å². The second-order valence-corrected chi connectivity index (χ2v) is 5.18. The van der Waals surface area contributed by atoms with E-state index in [9.17, 15) is 9.90 Å². The standard InChI is InChI=1S/C13H18N4O2S/c1-2-4-17-8-11(6-15-17)16-13(19)14-7-12(18)10-3-5-20-9-10/h3,5-6,8-9,12,18H,2,4,7H2,1H3,(H2,14,16,19). The number of hydrogen-bond acceptors (Lipinski definition) is 4. The number of carbonyl (C=O) groups excluding carboxylic acids is 1. The van der Waals surface area contributed by atoms with E-state index in [1.807, 2.05) is 16.8 Å². The molecule has 2 rings (SSSR count). The molecule has 0 aliphatic heterocycles. The van der Waals surface area contributed by atoms with Crippen LogP contribution in [0.2, 0.25) is 0 Å². The summed E-state index contributed by atoms with van der Waals surface area (Å²) in [6.07, 6.45) is 3.68. The minimum atomic E-state index is -0.685. The van der Waals surface area contributed by atoms with Gasteiger partial charge in [-0.05, 0) is 28.8 Å². The van der Waals surface area contributed by atoms with Gasteiger partial charge >= 0.3 is 6.03 Å². The van der Waals surface area contributed by atoms with E-state index in [2.05, 4.69) is 22.7 Å². The number of aryl methyl sites for hydroxylation is 1. The molecule has 0 saturated heterocycles. The van der Waals surface area contributed by atoms with Gasteiger partial charge in [0.25, 0.3) is 0 Å². The van der Waals surface area contributed by atoms with Crippen LogP contribution < -0.4 is 10.6 Å². The van der Waals surface area contributed by atoms with Crippen molar-refractivity contribution in [3.05, 3.63) is 34.8 Å². The monoisotopic (exact) mass is 294 g/mol. The van der Waals surface area contributed by atoms with Crippen LogP contribution in [0.3, 0.4) is 0 Å². The summed E-state index contributed by atoms with van der Waals surface area (Å²) in [5.41, 5.74) is 1.45. The van der Waals surface area contributed by atoms with Crippen molar-refractivity contribution in [2.24, 2.45) is 0 Å². The van der Waals surface area contributed by atoms with Gasteiger partial charge in [-0.3, -0.25) is 4.68 Å². The smallest absolute Gasteiger partial charge is 0.319 e. The van der Waals surface area contributed by atoms with E-state index in [-0.39, 0.29) is 12.6 Å². The fraction of sp³-hybridized carbons (Fsp3) is 0.385. The summed E-state index contributed by atoms with van der Waals surface area (Å²) in [6.45, 7) is 3.05. The van der Waals surface area contributed by atoms with Gasteiger partial charge in [0.2, 0.25) is 0 Å². The molecule has 2 heterocycles. The van der Waals surface area contributed by atoms with Gasteiger partial charge in [-0.15, -0.1) is 0 Å². The van der Waals surface area contributed by atoms with Crippen LogP contribution in [0.15, 0.2) is 29.2 Å². The number of nitrogens with one attached hydrogen (secondary N) is 2. The van der Waals surface area contributed by atoms with Gasteiger partial charge in [0, 0.05) is 19.3 Å². The second-order valence-electron chi connectivity index (χ2n) is 4.40. The molecule has 2 amide bonds. The molecule has 2 aromatic rings. The Morgan fingerprint density at radius 2 is 2.45 bits per heavy atom. The number of amides is 2. The van der Waals surface area contributed by atoms with Crippen molar-refractivity contribution >= 4 is 23.1 Å². The SMILES string of the molecule is CCCn1cc(NC(=O)NCC(O)c2ccsc2)cn1. The van der Waals surface area contributed by atoms with E-state index in [4.69, 9.17) is 0 Å². The van der Waals surface area contributed by atoms with Gasteiger partial charge in [0.15, 0.2) is 0 Å². The van der Waals surface area contributed by atoms with Gasteiger partial charge in [0.1, 0.15) is 0 Å². The molecule has 0 aliphatic carbocycles. The lowest BCUT2D eigenvalue weighted by molar-refractivity contribution is 0.175. The van der Waals surface area contributed by atoms with E-state index in [0.717, 1.165) is 18.5 Å². The predicted octanol–water partition coefficient (Wildman–Crippen LogP) is 2.21. The van der Waals surface area contributed by atoms with Crippen molar-refractivity contribution in [3.63, 3.8) is 0 Å². The Balaban J connectivity index is 1.77. The molecule has 20 heavy (non-hydrogen) atoms. The Labute approximate surface area is 121 Å². The zero-order valence-corrected chi connectivity index (χ0v) is 12.1. The van der Waals surface area contributed by atoms with Crippen LogP contribution in [0.5, 0.6) is 0 Å². The molecule has 6 nitrogen and oxygen atoms in total. The molecule has 7 heteroatoms. The highest BCUT2D eigenvalue weighted by Gasteiger charge is 2.10. The number of aliphatic hydroxyl groups is 1. The highest BCUT2D eigenvalue weighted by molar-refractivity contribution is 7.07. The minimum absolute atomic E-state index is 0.172. The van der Waals surface area contributed by atoms with Gasteiger partial charge in [-0.25, -0.2) is 4.79 Å². The van der Waals surface area contributed by atoms with Gasteiger partial charge in [-0.2, -0.15) is 16.4 Å². The Morgan fingerprint density at radius 3 is 3.15 bits per heavy atom. The fourth-order valence-corrected chi connectivity index (χ4v) is 2.43. The Bertz CT molecular complexity index is 538. The maximum Gasteiger partial charge on any atom is 0.319 e. The molecule has 1 atom stereocenters. The van der Waals surface area contributed by atoms with E-state index >= 15 is 0 Å². The summed E-state index contributed by atoms with van der Waals surface area (Å²) in [7, 11) is 0. The number of aliphatic hydroxyl groups excluding tert-OH is 1. The van der Waals surface area contributed by atoms with Crippen molar-refractivity contribution < 1.29 is 9.90 Å². The number of nitrogens with zero attached hydrogens (tertiary/aromatic N) is 2. The molecular formula is C13H18N4O2S. The van der Waals surface area contributed by atoms with Crippen LogP contribution in [0.25, 0.3) is 0 Å². The Hall–Kier alpha value is -1.86. The van der Waals surface area contributed by atoms with E-state index in [1.54, 1.807) is 17.1 Å². The highest BCUT2D eigenvalue weighted by Crippen LogP contribution is 2.15. The van der Waals surface area contributed by atoms with Crippen LogP contribution in [0, 0.1) is 0 Å². The van der Waals surface area contributed by atoms with Crippen molar-refractivity contribution in [2.45, 2.75) is 26.0 Å². The summed E-state index contributed by atoms with van der Waals surface area (Å²) < 4.78 is 1.77. The van der Waals surface area contributed by atoms with Gasteiger partial charge in [0.05, 0.1) is 18.0 Å². The molecule has 0 bridgehead atoms. The van der Waals surface area contributed by atoms with Crippen LogP contribution in [0.1, 0.15) is 25.0 Å². The number of hydrogen-bond donors (Lipinski definition) is 3. The highest BCUT2D eigenvalue weighted by atomic mass is 32.1. The van der Waals surface area contributed by atoms with Gasteiger partial charge < -0.3 is 15.7 Å². The lowest BCUT2D eigenvalue weighted by Crippen LogP contribution is -2.32. The molecule has 0 spiro atoms. The average Bonchev–Trinajstić information content (AvgIpc) is 3.08. The first-order valence-corrected chi connectivity index (χ1v) is 7.40. The number of carbonyl (C=O) groups is 1. The van der Waals surface area contributed by atoms with E-state index in [1.165, 1.54) is 11.3 Å². The lowest BCUT2D eigenvalue weighted by Gasteiger charge is -2.10. The fourth-order valence-electron chi connectivity index (χ4n) is 1.73. The quantitative estimate of drug-likeness (QED) is 0.764. The molecular weight excluding hydrogens is 276 g/mol. The maximum absolute atomic E-state index is 11.7. The number of aromatic nitrogens is 2. The first kappa shape index (κ1) is 14.5. The zero-order valence-electron chi connectivity index (χ0n) is 11.2. The first-order valence-electron chi connectivity index (χ1n) is 6.46. The molecule has 0 fully saturated rings. The summed E-state index contributed by atoms with van der Waals surface area (Å²) in [4.78, 5) is 11.7. The molecule has 2 aromatic heterocycles. The third-order valence-electron chi connectivity index (χ3n) is 2.73. The number of urea groups is 1. The third kappa shape index (κ3) is 4.07. The average molecular weight is 294 g/mol. The molecule has 0 saturated carbocycles. The van der Waals surface area contributed by atoms with Crippen LogP contribution in [-0.4, -0.2) is 27.5 Å². The van der Waals surface area contributed by atoms with Crippen LogP contribution in [0.4, 0.5) is 10.5 Å². The summed E-state index contributed by atoms with van der Waals surface area (Å²) >= 11 is 1.51. The van der Waals surface area contributed by atoms with E-state index < -0.39 is 6.10 Å². The normalized spacial score (nSPS) is 12.1. The second kappa shape index (κ2) is 7.06. The summed E-state index contributed by atoms with van der Waals surface area (Å²) in [6, 6.07) is 1.49. The molecule has 0 radical (unpaired) electrons. The molecule has 1 unspecified atom stereocenters. The summed E-state index contributed by atoms with van der Waals surface area (Å²) in [5, 5.41) is 23.0. The zero-order chi connectivity index (χ0) is 14.4. The van der Waals surface area contributed by atoms with Crippen molar-refractivity contribution in [1.29, 1.82) is 0 Å². The van der Waals surface area contributed by atoms with E-state index in [0.29, 0.717) is 5.69 Å². The molecule has 0 aromatic carbocycles. The molecule has 108 valence electrons. The van der Waals surface area contributed by atoms with Gasteiger partial charge in [-0.1, -0.05) is 6.92 Å². The number of anilines is 1. The molecule has 3 N–H and O–H groups in total. The van der Waals surface area contributed by atoms with Crippen molar-refractivity contribution in [2.75, 3.05) is 11.9 Å². The topological polar surface area (TPSA) is 79.2 Å². The predicted molar refractivity (Wildman–Crippen MR) is 78.8 cm³/mol. The number of thiophene rings is 1. The largest absolute Gasteiger partial charge is 0.387 e. The van der Waals surface area contributed by atoms with Crippen LogP contribution in [-0.2, 0) is 6.54 Å². The number of rotatable bonds is 6. The minimum Gasteiger partial charge on any atom is -0.387 e. The van der Waals surface area contributed by atoms with Crippen LogP contribution >= 0.6 is 11.3 Å². The Morgan fingerprint density at radius 1 is 1.60 bits per heavy atom. The maximum atomic E-state index is 11.7. The lowest BCUT2D eigenvalue weighted by atomic mass is 10.2. The third-order valence-corrected chi connectivity index (χ3v) is 3.43. The first-order chi connectivity index (χ1) is 9.69.